The highest BCUT2D eigenvalue weighted by Gasteiger charge is 2.01. The molecule has 0 unspecified atom stereocenters. The summed E-state index contributed by atoms with van der Waals surface area (Å²) in [5.41, 5.74) is 7.16. The molecule has 2 heteroatoms. The van der Waals surface area contributed by atoms with Crippen LogP contribution in [0.1, 0.15) is 5.56 Å². The van der Waals surface area contributed by atoms with Crippen LogP contribution in [0.4, 0.5) is 5.69 Å². The molecule has 0 bridgehead atoms. The maximum absolute atomic E-state index is 11.0. The summed E-state index contributed by atoms with van der Waals surface area (Å²) < 4.78 is 0. The van der Waals surface area contributed by atoms with Crippen LogP contribution in [0.15, 0.2) is 36.9 Å². The molecule has 0 radical (unpaired) electrons. The second-order valence-electron chi connectivity index (χ2n) is 2.55. The highest BCUT2D eigenvalue weighted by atomic mass is 16.1. The van der Waals surface area contributed by atoms with Gasteiger partial charge in [-0.05, 0) is 17.7 Å². The average molecular weight is 161 g/mol. The van der Waals surface area contributed by atoms with Crippen LogP contribution in [0.5, 0.6) is 0 Å². The molecule has 1 aromatic carbocycles. The Kier molecular flexibility index (Phi) is 2.64. The predicted molar refractivity (Wildman–Crippen MR) is 49.8 cm³/mol. The van der Waals surface area contributed by atoms with Gasteiger partial charge in [-0.2, -0.15) is 0 Å². The van der Waals surface area contributed by atoms with Crippen molar-refractivity contribution in [1.29, 1.82) is 0 Å². The second kappa shape index (κ2) is 3.72. The third-order valence-electron chi connectivity index (χ3n) is 1.65. The van der Waals surface area contributed by atoms with Gasteiger partial charge in [-0.3, -0.25) is 4.79 Å². The highest BCUT2D eigenvalue weighted by molar-refractivity contribution is 5.91. The lowest BCUT2D eigenvalue weighted by Gasteiger charge is -2.01. The van der Waals surface area contributed by atoms with Crippen molar-refractivity contribution in [2.24, 2.45) is 0 Å². The van der Waals surface area contributed by atoms with Crippen LogP contribution in [-0.2, 0) is 11.2 Å². The molecule has 0 atom stereocenters. The van der Waals surface area contributed by atoms with Crippen molar-refractivity contribution in [2.45, 2.75) is 6.42 Å². The third kappa shape index (κ3) is 1.95. The molecule has 0 amide bonds. The Bertz CT molecular complexity index is 304. The molecule has 2 N–H and O–H groups in total. The summed E-state index contributed by atoms with van der Waals surface area (Å²) in [4.78, 5) is 11.0. The van der Waals surface area contributed by atoms with E-state index in [2.05, 4.69) is 6.58 Å². The van der Waals surface area contributed by atoms with Crippen molar-refractivity contribution in [3.8, 4) is 0 Å². The van der Waals surface area contributed by atoms with Gasteiger partial charge in [0.15, 0.2) is 5.78 Å². The Morgan fingerprint density at radius 3 is 2.75 bits per heavy atom. The molecular formula is C10H11NO. The zero-order valence-electron chi connectivity index (χ0n) is 6.79. The first-order valence-corrected chi connectivity index (χ1v) is 3.72. The number of benzene rings is 1. The zero-order chi connectivity index (χ0) is 8.97. The number of hydrogen-bond acceptors (Lipinski definition) is 2. The average Bonchev–Trinajstić information content (AvgIpc) is 2.09. The Morgan fingerprint density at radius 1 is 1.50 bits per heavy atom. The van der Waals surface area contributed by atoms with Crippen LogP contribution in [0.2, 0.25) is 0 Å². The third-order valence-corrected chi connectivity index (χ3v) is 1.65. The number of nitrogens with two attached hydrogens (primary N) is 1. The summed E-state index contributed by atoms with van der Waals surface area (Å²) in [5, 5.41) is 0. The van der Waals surface area contributed by atoms with Crippen LogP contribution >= 0.6 is 0 Å². The van der Waals surface area contributed by atoms with Crippen LogP contribution in [-0.4, -0.2) is 5.78 Å². The monoisotopic (exact) mass is 161 g/mol. The van der Waals surface area contributed by atoms with Crippen molar-refractivity contribution in [3.63, 3.8) is 0 Å². The summed E-state index contributed by atoms with van der Waals surface area (Å²) in [6.07, 6.45) is 1.66. The van der Waals surface area contributed by atoms with E-state index in [-0.39, 0.29) is 5.78 Å². The molecule has 0 aliphatic rings. The van der Waals surface area contributed by atoms with E-state index in [9.17, 15) is 4.79 Å². The normalized spacial score (nSPS) is 9.33. The molecule has 0 aliphatic carbocycles. The van der Waals surface area contributed by atoms with Crippen molar-refractivity contribution in [1.82, 2.24) is 0 Å². The maximum atomic E-state index is 11.0. The van der Waals surface area contributed by atoms with Crippen LogP contribution in [0.3, 0.4) is 0 Å². The molecule has 62 valence electrons. The molecular weight excluding hydrogens is 150 g/mol. The first-order valence-electron chi connectivity index (χ1n) is 3.72. The van der Waals surface area contributed by atoms with E-state index in [0.29, 0.717) is 12.1 Å². The van der Waals surface area contributed by atoms with Crippen LogP contribution in [0, 0.1) is 0 Å². The van der Waals surface area contributed by atoms with E-state index in [0.717, 1.165) is 5.56 Å². The van der Waals surface area contributed by atoms with Crippen LogP contribution < -0.4 is 5.73 Å². The number of hydrogen-bond donors (Lipinski definition) is 1. The summed E-state index contributed by atoms with van der Waals surface area (Å²) >= 11 is 0. The van der Waals surface area contributed by atoms with E-state index in [1.807, 2.05) is 18.2 Å². The van der Waals surface area contributed by atoms with Gasteiger partial charge in [0, 0.05) is 12.1 Å². The number of carbonyl (C=O) groups is 1. The molecule has 0 saturated heterocycles. The van der Waals surface area contributed by atoms with Gasteiger partial charge in [0.25, 0.3) is 0 Å². The van der Waals surface area contributed by atoms with Crippen molar-refractivity contribution in [3.05, 3.63) is 42.5 Å². The second-order valence-corrected chi connectivity index (χ2v) is 2.55. The first-order chi connectivity index (χ1) is 5.74. The fraction of sp³-hybridized carbons (Fsp3) is 0.100. The van der Waals surface area contributed by atoms with Gasteiger partial charge in [-0.15, -0.1) is 0 Å². The molecule has 0 heterocycles. The topological polar surface area (TPSA) is 43.1 Å². The fourth-order valence-electron chi connectivity index (χ4n) is 0.955. The van der Waals surface area contributed by atoms with Gasteiger partial charge in [-0.25, -0.2) is 0 Å². The number of ketones is 1. The number of carbonyl (C=O) groups excluding carboxylic acids is 1. The maximum Gasteiger partial charge on any atom is 0.159 e. The molecule has 1 aromatic rings. The van der Waals surface area contributed by atoms with E-state index >= 15 is 0 Å². The summed E-state index contributed by atoms with van der Waals surface area (Å²) in [5.74, 6) is -0.00657. The largest absolute Gasteiger partial charge is 0.398 e. The number of rotatable bonds is 3. The minimum absolute atomic E-state index is 0.00657. The fourth-order valence-corrected chi connectivity index (χ4v) is 0.955. The number of para-hydroxylation sites is 1. The zero-order valence-corrected chi connectivity index (χ0v) is 6.79. The standard InChI is InChI=1S/C10H11NO/c1-2-9(12)7-8-5-3-4-6-10(8)11/h2-6H,1,7,11H2. The van der Waals surface area contributed by atoms with Crippen LogP contribution in [0.25, 0.3) is 0 Å². The molecule has 1 rings (SSSR count). The summed E-state index contributed by atoms with van der Waals surface area (Å²) in [6.45, 7) is 3.40. The Labute approximate surface area is 71.7 Å². The van der Waals surface area contributed by atoms with Gasteiger partial charge in [0.05, 0.1) is 0 Å². The summed E-state index contributed by atoms with van der Waals surface area (Å²) in [7, 11) is 0. The van der Waals surface area contributed by atoms with Gasteiger partial charge in [-0.1, -0.05) is 24.8 Å². The van der Waals surface area contributed by atoms with E-state index in [1.54, 1.807) is 6.07 Å². The number of anilines is 1. The molecule has 0 aromatic heterocycles. The number of nitrogen functional groups attached to an aromatic ring is 1. The minimum Gasteiger partial charge on any atom is -0.398 e. The van der Waals surface area contributed by atoms with Crippen molar-refractivity contribution < 1.29 is 4.79 Å². The molecule has 0 spiro atoms. The Morgan fingerprint density at radius 2 is 2.17 bits per heavy atom. The van der Waals surface area contributed by atoms with Crippen molar-refractivity contribution in [2.75, 3.05) is 5.73 Å². The Hall–Kier alpha value is -1.57. The van der Waals surface area contributed by atoms with E-state index in [4.69, 9.17) is 5.73 Å². The first kappa shape index (κ1) is 8.53. The minimum atomic E-state index is -0.00657. The van der Waals surface area contributed by atoms with E-state index in [1.165, 1.54) is 6.08 Å². The molecule has 0 saturated carbocycles. The lowest BCUT2D eigenvalue weighted by molar-refractivity contribution is -0.114. The molecule has 0 aliphatic heterocycles. The van der Waals surface area contributed by atoms with Gasteiger partial charge in [0.1, 0.15) is 0 Å². The molecule has 12 heavy (non-hydrogen) atoms. The van der Waals surface area contributed by atoms with Gasteiger partial charge < -0.3 is 5.73 Å². The Balaban J connectivity index is 2.82. The highest BCUT2D eigenvalue weighted by Crippen LogP contribution is 2.11. The molecule has 2 nitrogen and oxygen atoms in total. The predicted octanol–water partition coefficient (Wildman–Crippen LogP) is 1.57. The quantitative estimate of drug-likeness (QED) is 0.540. The lowest BCUT2D eigenvalue weighted by atomic mass is 10.1. The van der Waals surface area contributed by atoms with Crippen molar-refractivity contribution >= 4 is 11.5 Å². The summed E-state index contributed by atoms with van der Waals surface area (Å²) in [6, 6.07) is 7.34. The number of allylic oxidation sites excluding steroid dienone is 1. The van der Waals surface area contributed by atoms with Gasteiger partial charge in [0.2, 0.25) is 0 Å². The van der Waals surface area contributed by atoms with E-state index < -0.39 is 0 Å². The molecule has 0 fully saturated rings. The van der Waals surface area contributed by atoms with Gasteiger partial charge >= 0.3 is 0 Å². The SMILES string of the molecule is C=CC(=O)Cc1ccccc1N. The smallest absolute Gasteiger partial charge is 0.159 e. The lowest BCUT2D eigenvalue weighted by Crippen LogP contribution is -2.01.